The van der Waals surface area contributed by atoms with Gasteiger partial charge in [-0.15, -0.1) is 0 Å². The fraction of sp³-hybridized carbons (Fsp3) is 0.300. The van der Waals surface area contributed by atoms with Gasteiger partial charge in [-0.2, -0.15) is 0 Å². The molecule has 26 heavy (non-hydrogen) atoms. The van der Waals surface area contributed by atoms with E-state index in [-0.39, 0.29) is 11.8 Å². The quantitative estimate of drug-likeness (QED) is 0.601. The molecular formula is C20H24BrN3O2. The summed E-state index contributed by atoms with van der Waals surface area (Å²) in [5.74, 6) is 0.200. The van der Waals surface area contributed by atoms with Gasteiger partial charge in [-0.1, -0.05) is 29.8 Å². The lowest BCUT2D eigenvalue weighted by Crippen LogP contribution is -2.31. The molecule has 2 aromatic carbocycles. The zero-order valence-electron chi connectivity index (χ0n) is 15.2. The van der Waals surface area contributed by atoms with Crippen LogP contribution in [0.25, 0.3) is 0 Å². The minimum atomic E-state index is -0.403. The van der Waals surface area contributed by atoms with Gasteiger partial charge in [-0.05, 0) is 61.4 Å². The van der Waals surface area contributed by atoms with Crippen LogP contribution in [0.1, 0.15) is 27.2 Å². The first-order valence-electron chi connectivity index (χ1n) is 8.56. The van der Waals surface area contributed by atoms with Gasteiger partial charge in [0.25, 0.3) is 0 Å². The molecule has 1 unspecified atom stereocenters. The van der Waals surface area contributed by atoms with Gasteiger partial charge in [0.2, 0.25) is 11.8 Å². The van der Waals surface area contributed by atoms with Crippen LogP contribution in [0, 0.1) is 5.92 Å². The molecule has 0 fully saturated rings. The zero-order valence-corrected chi connectivity index (χ0v) is 16.8. The van der Waals surface area contributed by atoms with Crippen LogP contribution in [-0.2, 0) is 9.59 Å². The number of hydrogen-bond donors (Lipinski definition) is 3. The third-order valence-electron chi connectivity index (χ3n) is 3.65. The fourth-order valence-electron chi connectivity index (χ4n) is 2.33. The molecule has 0 heterocycles. The maximum absolute atomic E-state index is 12.3. The van der Waals surface area contributed by atoms with E-state index >= 15 is 0 Å². The molecule has 0 aliphatic carbocycles. The molecule has 6 heteroatoms. The summed E-state index contributed by atoms with van der Waals surface area (Å²) in [6.45, 7) is 5.81. The number of nitrogens with one attached hydrogen (secondary N) is 3. The molecule has 0 radical (unpaired) electrons. The second-order valence-electron chi connectivity index (χ2n) is 6.59. The Kier molecular flexibility index (Phi) is 7.21. The summed E-state index contributed by atoms with van der Waals surface area (Å²) >= 11 is 3.37. The predicted octanol–water partition coefficient (Wildman–Crippen LogP) is 4.87. The van der Waals surface area contributed by atoms with Gasteiger partial charge in [0.15, 0.2) is 0 Å². The minimum absolute atomic E-state index is 0.00273. The molecule has 0 bridgehead atoms. The molecule has 2 aromatic rings. The summed E-state index contributed by atoms with van der Waals surface area (Å²) in [6, 6.07) is 14.3. The van der Waals surface area contributed by atoms with Crippen molar-refractivity contribution < 1.29 is 9.59 Å². The maximum Gasteiger partial charge on any atom is 0.246 e. The van der Waals surface area contributed by atoms with E-state index in [0.717, 1.165) is 21.5 Å². The number of halogens is 1. The second-order valence-corrected chi connectivity index (χ2v) is 7.50. The summed E-state index contributed by atoms with van der Waals surface area (Å²) in [7, 11) is 0. The van der Waals surface area contributed by atoms with Crippen LogP contribution in [0.3, 0.4) is 0 Å². The number of carbonyl (C=O) groups excluding carboxylic acids is 2. The molecule has 2 rings (SSSR count). The smallest absolute Gasteiger partial charge is 0.246 e. The highest BCUT2D eigenvalue weighted by atomic mass is 79.9. The first-order chi connectivity index (χ1) is 12.3. The Hall–Kier alpha value is -2.34. The largest absolute Gasteiger partial charge is 0.374 e. The van der Waals surface area contributed by atoms with E-state index in [1.54, 1.807) is 6.92 Å². The first-order valence-corrected chi connectivity index (χ1v) is 9.35. The van der Waals surface area contributed by atoms with Gasteiger partial charge in [0.05, 0.1) is 0 Å². The summed E-state index contributed by atoms with van der Waals surface area (Å²) in [6.07, 6.45) is 0.493. The molecule has 1 atom stereocenters. The molecule has 5 nitrogen and oxygen atoms in total. The van der Waals surface area contributed by atoms with E-state index in [0.29, 0.717) is 12.3 Å². The first kappa shape index (κ1) is 20.0. The number of amides is 2. The van der Waals surface area contributed by atoms with Crippen molar-refractivity contribution in [2.45, 2.75) is 33.2 Å². The van der Waals surface area contributed by atoms with Crippen molar-refractivity contribution in [3.8, 4) is 0 Å². The molecule has 3 N–H and O–H groups in total. The lowest BCUT2D eigenvalue weighted by molar-refractivity contribution is -0.117. The van der Waals surface area contributed by atoms with Gasteiger partial charge in [0, 0.05) is 28.0 Å². The van der Waals surface area contributed by atoms with Crippen molar-refractivity contribution in [3.63, 3.8) is 0 Å². The van der Waals surface area contributed by atoms with Gasteiger partial charge in [-0.25, -0.2) is 0 Å². The standard InChI is InChI=1S/C20H24BrN3O2/c1-13(2)12-19(25)23-17-10-8-16(9-11-17)22-14(3)20(26)24-18-6-4-15(21)5-7-18/h4-11,13-14,22H,12H2,1-3H3,(H,23,25)(H,24,26). The highest BCUT2D eigenvalue weighted by Crippen LogP contribution is 2.17. The molecular weight excluding hydrogens is 394 g/mol. The number of carbonyl (C=O) groups is 2. The van der Waals surface area contributed by atoms with E-state index in [2.05, 4.69) is 31.9 Å². The van der Waals surface area contributed by atoms with Crippen LogP contribution >= 0.6 is 15.9 Å². The zero-order chi connectivity index (χ0) is 19.1. The molecule has 0 aliphatic heterocycles. The van der Waals surface area contributed by atoms with E-state index < -0.39 is 6.04 Å². The minimum Gasteiger partial charge on any atom is -0.374 e. The number of hydrogen-bond acceptors (Lipinski definition) is 3. The highest BCUT2D eigenvalue weighted by molar-refractivity contribution is 9.10. The molecule has 0 spiro atoms. The molecule has 0 aliphatic rings. The van der Waals surface area contributed by atoms with Crippen LogP contribution in [0.2, 0.25) is 0 Å². The van der Waals surface area contributed by atoms with Crippen molar-refractivity contribution in [1.29, 1.82) is 0 Å². The van der Waals surface area contributed by atoms with Crippen LogP contribution in [0.5, 0.6) is 0 Å². The summed E-state index contributed by atoms with van der Waals surface area (Å²) in [5, 5.41) is 8.88. The lowest BCUT2D eigenvalue weighted by Gasteiger charge is -2.16. The van der Waals surface area contributed by atoms with E-state index in [4.69, 9.17) is 0 Å². The van der Waals surface area contributed by atoms with Gasteiger partial charge >= 0.3 is 0 Å². The highest BCUT2D eigenvalue weighted by Gasteiger charge is 2.13. The van der Waals surface area contributed by atoms with Crippen LogP contribution < -0.4 is 16.0 Å². The third kappa shape index (κ3) is 6.52. The number of anilines is 3. The monoisotopic (exact) mass is 417 g/mol. The van der Waals surface area contributed by atoms with Crippen molar-refractivity contribution in [1.82, 2.24) is 0 Å². The van der Waals surface area contributed by atoms with Crippen molar-refractivity contribution in [2.24, 2.45) is 5.92 Å². The van der Waals surface area contributed by atoms with E-state index in [1.807, 2.05) is 62.4 Å². The SMILES string of the molecule is CC(C)CC(=O)Nc1ccc(NC(C)C(=O)Nc2ccc(Br)cc2)cc1. The molecule has 0 saturated heterocycles. The van der Waals surface area contributed by atoms with Crippen molar-refractivity contribution >= 4 is 44.8 Å². The third-order valence-corrected chi connectivity index (χ3v) is 4.18. The molecule has 0 saturated carbocycles. The molecule has 0 aromatic heterocycles. The summed E-state index contributed by atoms with van der Waals surface area (Å²) < 4.78 is 0.960. The predicted molar refractivity (Wildman–Crippen MR) is 110 cm³/mol. The number of rotatable bonds is 7. The second kappa shape index (κ2) is 9.38. The molecule has 138 valence electrons. The normalized spacial score (nSPS) is 11.7. The van der Waals surface area contributed by atoms with Gasteiger partial charge < -0.3 is 16.0 Å². The topological polar surface area (TPSA) is 70.2 Å². The van der Waals surface area contributed by atoms with Crippen LogP contribution in [0.4, 0.5) is 17.1 Å². The van der Waals surface area contributed by atoms with E-state index in [9.17, 15) is 9.59 Å². The average Bonchev–Trinajstić information content (AvgIpc) is 2.58. The number of benzene rings is 2. The maximum atomic E-state index is 12.3. The summed E-state index contributed by atoms with van der Waals surface area (Å²) in [4.78, 5) is 24.1. The van der Waals surface area contributed by atoms with Gasteiger partial charge in [0.1, 0.15) is 6.04 Å². The Morgan fingerprint density at radius 3 is 1.92 bits per heavy atom. The Balaban J connectivity index is 1.88. The Labute approximate surface area is 162 Å². The van der Waals surface area contributed by atoms with Crippen molar-refractivity contribution in [3.05, 3.63) is 53.0 Å². The Bertz CT molecular complexity index is 743. The molecule has 2 amide bonds. The van der Waals surface area contributed by atoms with Crippen molar-refractivity contribution in [2.75, 3.05) is 16.0 Å². The average molecular weight is 418 g/mol. The van der Waals surface area contributed by atoms with Crippen LogP contribution in [0.15, 0.2) is 53.0 Å². The Morgan fingerprint density at radius 2 is 1.35 bits per heavy atom. The summed E-state index contributed by atoms with van der Waals surface area (Å²) in [5.41, 5.74) is 2.30. The lowest BCUT2D eigenvalue weighted by atomic mass is 10.1. The van der Waals surface area contributed by atoms with Gasteiger partial charge in [-0.3, -0.25) is 9.59 Å². The fourth-order valence-corrected chi connectivity index (χ4v) is 2.60. The van der Waals surface area contributed by atoms with Crippen LogP contribution in [-0.4, -0.2) is 17.9 Å². The van der Waals surface area contributed by atoms with E-state index in [1.165, 1.54) is 0 Å². The Morgan fingerprint density at radius 1 is 0.846 bits per heavy atom.